The van der Waals surface area contributed by atoms with E-state index in [4.69, 9.17) is 4.74 Å². The van der Waals surface area contributed by atoms with E-state index < -0.39 is 0 Å². The van der Waals surface area contributed by atoms with E-state index in [1.54, 1.807) is 13.8 Å². The summed E-state index contributed by atoms with van der Waals surface area (Å²) in [5, 5.41) is 0. The van der Waals surface area contributed by atoms with Crippen LogP contribution >= 0.6 is 0 Å². The van der Waals surface area contributed by atoms with Crippen molar-refractivity contribution < 1.29 is 19.1 Å². The quantitative estimate of drug-likeness (QED) is 0.0347. The molecule has 0 unspecified atom stereocenters. The Kier molecular flexibility index (Phi) is 57.3. The Morgan fingerprint density at radius 1 is 0.578 bits per heavy atom. The zero-order chi connectivity index (χ0) is 48.2. The highest BCUT2D eigenvalue weighted by Gasteiger charge is 2.25. The lowest BCUT2D eigenvalue weighted by Gasteiger charge is -2.12. The number of unbranched alkanes of at least 4 members (excludes halogenated alkanes) is 24. The molecule has 378 valence electrons. The van der Waals surface area contributed by atoms with E-state index >= 15 is 0 Å². The molecule has 1 fully saturated rings. The summed E-state index contributed by atoms with van der Waals surface area (Å²) in [6.07, 6.45) is 55.1. The molecule has 0 aromatic rings. The van der Waals surface area contributed by atoms with Gasteiger partial charge in [0.15, 0.2) is 0 Å². The van der Waals surface area contributed by atoms with E-state index in [1.165, 1.54) is 173 Å². The molecule has 0 saturated heterocycles. The number of rotatable bonds is 41. The predicted molar refractivity (Wildman–Crippen MR) is 284 cm³/mol. The van der Waals surface area contributed by atoms with Crippen LogP contribution in [0.25, 0.3) is 0 Å². The van der Waals surface area contributed by atoms with Crippen molar-refractivity contribution in [3.8, 4) is 0 Å². The Hall–Kier alpha value is -2.01. The maximum absolute atomic E-state index is 11.4. The first kappa shape index (κ1) is 66.3. The minimum Gasteiger partial charge on any atom is -0.466 e. The number of ether oxygens (including phenoxy) is 1. The van der Waals surface area contributed by atoms with Crippen LogP contribution in [-0.2, 0) is 19.1 Å². The SMILES string of the molecule is C=CC(CCCCCCCC)CCCCCCCC.C=CCCCCC(C)=O.CC(=O)[C@H]1CC[C@H](/C=C\CCCN(C)C)C1.CCCCCCCCCCCOC(=O)CCCCCC. The zero-order valence-electron chi connectivity index (χ0n) is 44.6. The maximum atomic E-state index is 11.4. The molecule has 0 N–H and O–H groups in total. The second-order valence-corrected chi connectivity index (χ2v) is 19.5. The van der Waals surface area contributed by atoms with Gasteiger partial charge in [-0.1, -0.05) is 200 Å². The smallest absolute Gasteiger partial charge is 0.305 e. The molecule has 0 aromatic heterocycles. The van der Waals surface area contributed by atoms with Crippen LogP contribution in [0.4, 0.5) is 0 Å². The number of carbonyl (C=O) groups is 3. The second kappa shape index (κ2) is 55.3. The summed E-state index contributed by atoms with van der Waals surface area (Å²) in [6.45, 7) is 21.8. The van der Waals surface area contributed by atoms with E-state index in [-0.39, 0.29) is 5.97 Å². The van der Waals surface area contributed by atoms with Crippen molar-refractivity contribution in [1.82, 2.24) is 4.90 Å². The van der Waals surface area contributed by atoms with Gasteiger partial charge in [-0.25, -0.2) is 0 Å². The third-order valence-electron chi connectivity index (χ3n) is 12.6. The molecule has 0 amide bonds. The Labute approximate surface area is 401 Å². The summed E-state index contributed by atoms with van der Waals surface area (Å²) < 4.78 is 5.24. The van der Waals surface area contributed by atoms with Gasteiger partial charge in [0, 0.05) is 18.8 Å². The molecule has 1 aliphatic rings. The third-order valence-corrected chi connectivity index (χ3v) is 12.6. The first-order chi connectivity index (χ1) is 31.0. The highest BCUT2D eigenvalue weighted by atomic mass is 16.5. The number of hydrogen-bond donors (Lipinski definition) is 0. The fourth-order valence-electron chi connectivity index (χ4n) is 8.16. The Morgan fingerprint density at radius 3 is 1.48 bits per heavy atom. The number of Topliss-reactive ketones (excluding diaryl/α,β-unsaturated/α-hetero) is 2. The zero-order valence-corrected chi connectivity index (χ0v) is 44.6. The molecular formula is C59H113NO4. The molecule has 0 bridgehead atoms. The highest BCUT2D eigenvalue weighted by molar-refractivity contribution is 5.78. The minimum absolute atomic E-state index is 0.000619. The van der Waals surface area contributed by atoms with Crippen molar-refractivity contribution in [3.63, 3.8) is 0 Å². The van der Waals surface area contributed by atoms with Gasteiger partial charge in [-0.2, -0.15) is 0 Å². The van der Waals surface area contributed by atoms with Crippen LogP contribution in [0.5, 0.6) is 0 Å². The normalized spacial score (nSPS) is 14.3. The molecule has 0 heterocycles. The summed E-state index contributed by atoms with van der Waals surface area (Å²) in [5.41, 5.74) is 0. The van der Waals surface area contributed by atoms with Gasteiger partial charge in [0.2, 0.25) is 0 Å². The number of hydrogen-bond acceptors (Lipinski definition) is 5. The third kappa shape index (κ3) is 56.1. The van der Waals surface area contributed by atoms with Crippen LogP contribution in [0.3, 0.4) is 0 Å². The lowest BCUT2D eigenvalue weighted by atomic mass is 9.94. The summed E-state index contributed by atoms with van der Waals surface area (Å²) >= 11 is 0. The molecule has 0 aliphatic heterocycles. The lowest BCUT2D eigenvalue weighted by Crippen LogP contribution is -2.12. The van der Waals surface area contributed by atoms with Crippen molar-refractivity contribution in [2.45, 2.75) is 279 Å². The molecule has 1 rings (SSSR count). The number of allylic oxidation sites excluding steroid dienone is 4. The van der Waals surface area contributed by atoms with Crippen LogP contribution in [0.15, 0.2) is 37.5 Å². The van der Waals surface area contributed by atoms with Gasteiger partial charge in [-0.3, -0.25) is 9.59 Å². The molecule has 0 radical (unpaired) electrons. The van der Waals surface area contributed by atoms with Crippen LogP contribution in [0.2, 0.25) is 0 Å². The van der Waals surface area contributed by atoms with Crippen molar-refractivity contribution in [3.05, 3.63) is 37.5 Å². The van der Waals surface area contributed by atoms with E-state index in [1.807, 2.05) is 6.08 Å². The van der Waals surface area contributed by atoms with Crippen molar-refractivity contribution in [2.24, 2.45) is 17.8 Å². The molecule has 64 heavy (non-hydrogen) atoms. The fraction of sp³-hybridized carbons (Fsp3) is 0.847. The van der Waals surface area contributed by atoms with Crippen molar-refractivity contribution in [2.75, 3.05) is 27.2 Å². The van der Waals surface area contributed by atoms with E-state index in [2.05, 4.69) is 78.1 Å². The Morgan fingerprint density at radius 2 is 1.05 bits per heavy atom. The number of nitrogens with zero attached hydrogens (tertiary/aromatic N) is 1. The topological polar surface area (TPSA) is 63.7 Å². The summed E-state index contributed by atoms with van der Waals surface area (Å²) in [4.78, 5) is 35.2. The van der Waals surface area contributed by atoms with Gasteiger partial charge in [0.25, 0.3) is 0 Å². The monoisotopic (exact) mass is 900 g/mol. The van der Waals surface area contributed by atoms with Gasteiger partial charge in [-0.05, 0) is 123 Å². The van der Waals surface area contributed by atoms with Crippen LogP contribution < -0.4 is 0 Å². The summed E-state index contributed by atoms with van der Waals surface area (Å²) in [5.74, 6) is 2.46. The van der Waals surface area contributed by atoms with Gasteiger partial charge >= 0.3 is 5.97 Å². The van der Waals surface area contributed by atoms with Crippen LogP contribution in [-0.4, -0.2) is 49.7 Å². The number of esters is 1. The van der Waals surface area contributed by atoms with E-state index in [0.29, 0.717) is 36.4 Å². The maximum Gasteiger partial charge on any atom is 0.305 e. The Balaban J connectivity index is -0.000000799. The molecule has 2 atom stereocenters. The summed E-state index contributed by atoms with van der Waals surface area (Å²) in [6, 6.07) is 0. The second-order valence-electron chi connectivity index (χ2n) is 19.5. The standard InChI is InChI=1S/C19H38.C18H36O2.C14H25NO.C8H14O/c1-4-7-9-11-13-15-17-19(6-3)18-16-14-12-10-8-5-2;1-3-5-7-9-10-11-12-13-15-17-20-18(19)16-14-8-6-4-2;1-12(16)14-9-8-13(11-14)7-5-4-6-10-15(2)3;1-3-4-5-6-7-8(2)9/h6,19H,3-5,7-18H2,1-2H3;3-17H2,1-2H3;5,7,13-14H,4,6,8-11H2,1-3H3;3H,1,4-7H2,2H3/b;;7-5-;/t;;13-,14-;/m..0./s1. The van der Waals surface area contributed by atoms with Gasteiger partial charge in [-0.15, -0.1) is 13.2 Å². The van der Waals surface area contributed by atoms with Gasteiger partial charge in [0.05, 0.1) is 6.61 Å². The molecule has 0 aromatic carbocycles. The molecule has 1 saturated carbocycles. The highest BCUT2D eigenvalue weighted by Crippen LogP contribution is 2.32. The van der Waals surface area contributed by atoms with Crippen molar-refractivity contribution >= 4 is 17.5 Å². The average molecular weight is 901 g/mol. The molecule has 0 spiro atoms. The van der Waals surface area contributed by atoms with Gasteiger partial charge in [0.1, 0.15) is 11.6 Å². The number of carbonyl (C=O) groups excluding carboxylic acids is 3. The van der Waals surface area contributed by atoms with E-state index in [9.17, 15) is 14.4 Å². The molecule has 5 heteroatoms. The fourth-order valence-corrected chi connectivity index (χ4v) is 8.16. The van der Waals surface area contributed by atoms with Gasteiger partial charge < -0.3 is 14.4 Å². The largest absolute Gasteiger partial charge is 0.466 e. The van der Waals surface area contributed by atoms with Crippen LogP contribution in [0.1, 0.15) is 279 Å². The van der Waals surface area contributed by atoms with E-state index in [0.717, 1.165) is 70.3 Å². The average Bonchev–Trinajstić information content (AvgIpc) is 3.76. The van der Waals surface area contributed by atoms with Crippen molar-refractivity contribution in [1.29, 1.82) is 0 Å². The number of ketones is 2. The lowest BCUT2D eigenvalue weighted by molar-refractivity contribution is -0.144. The molecule has 5 nitrogen and oxygen atoms in total. The molecule has 1 aliphatic carbocycles. The first-order valence-electron chi connectivity index (χ1n) is 27.7. The Bertz CT molecular complexity index is 1020. The predicted octanol–water partition coefficient (Wildman–Crippen LogP) is 18.5. The summed E-state index contributed by atoms with van der Waals surface area (Å²) in [7, 11) is 4.22. The molecular weight excluding hydrogens is 787 g/mol. The minimum atomic E-state index is 0.000619. The first-order valence-corrected chi connectivity index (χ1v) is 27.7. The van der Waals surface area contributed by atoms with Crippen LogP contribution in [0, 0.1) is 17.8 Å².